The van der Waals surface area contributed by atoms with Gasteiger partial charge in [-0.05, 0) is 83.4 Å². The number of hydrogen-bond donors (Lipinski definition) is 6. The summed E-state index contributed by atoms with van der Waals surface area (Å²) in [6, 6.07) is 4.92. The molecule has 0 saturated heterocycles. The molecule has 2 rings (SSSR count). The number of ketones is 1. The Hall–Kier alpha value is -4.21. The van der Waals surface area contributed by atoms with Crippen molar-refractivity contribution in [1.29, 1.82) is 0 Å². The molecule has 1 aromatic rings. The Morgan fingerprint density at radius 3 is 2.11 bits per heavy atom. The van der Waals surface area contributed by atoms with E-state index in [1.54, 1.807) is 7.05 Å². The van der Waals surface area contributed by atoms with Crippen LogP contribution in [0.2, 0.25) is 0 Å². The fraction of sp³-hybridized carbons (Fsp3) is 0.683. The van der Waals surface area contributed by atoms with E-state index in [1.807, 2.05) is 44.2 Å². The molecule has 0 aromatic heterocycles. The minimum absolute atomic E-state index is 0.0568. The van der Waals surface area contributed by atoms with Crippen molar-refractivity contribution in [3.63, 3.8) is 0 Å². The first-order valence-electron chi connectivity index (χ1n) is 20.1. The zero-order chi connectivity index (χ0) is 42.0. The van der Waals surface area contributed by atoms with E-state index in [-0.39, 0.29) is 24.2 Å². The summed E-state index contributed by atoms with van der Waals surface area (Å²) < 4.78 is 0. The van der Waals surface area contributed by atoms with Crippen molar-refractivity contribution in [2.45, 2.75) is 134 Å². The standard InChI is InChI=1S/C41H68N8O7/c1-27(2)22-34(40(56)49(7)41(4,26-50)36(52)31(43)23-29-16-10-8-11-17-29)46-35(51)25-45-37(53)28(3)48(6)39(55)32(20-14-15-21-42)47-38(54)33(44-5)24-30-18-12-9-13-19-30/h9,12-13,18-19,26-29,31-34,44H,8,10-11,14-17,20-25,42-43H2,1-7H3,(H,45,53)(H,46,51)(H,47,54)/t28-,31-,32-,33-,34-,41-/m0/s1. The SMILES string of the molecule is CN[C@@H](Cc1ccccc1)C(=O)N[C@@H](CCCCN)C(=O)N(C)[C@@H](C)C(=O)NCC(=O)N[C@@H](CC(C)C)C(=O)N(C)[C@@](C)(C=O)C(=O)[C@@H](N)CC1CCCCC1. The molecular weight excluding hydrogens is 716 g/mol. The van der Waals surface area contributed by atoms with Crippen molar-refractivity contribution in [1.82, 2.24) is 31.1 Å². The highest BCUT2D eigenvalue weighted by Crippen LogP contribution is 2.28. The van der Waals surface area contributed by atoms with Crippen LogP contribution >= 0.6 is 0 Å². The van der Waals surface area contributed by atoms with Crippen LogP contribution in [0.25, 0.3) is 0 Å². The molecule has 0 aliphatic heterocycles. The Kier molecular flexibility index (Phi) is 20.3. The van der Waals surface area contributed by atoms with E-state index in [1.165, 1.54) is 32.8 Å². The van der Waals surface area contributed by atoms with Crippen LogP contribution in [-0.2, 0) is 40.0 Å². The van der Waals surface area contributed by atoms with Gasteiger partial charge < -0.3 is 47.3 Å². The number of unbranched alkanes of at least 4 members (excludes halogenated alkanes) is 1. The van der Waals surface area contributed by atoms with Gasteiger partial charge in [0, 0.05) is 14.1 Å². The van der Waals surface area contributed by atoms with Gasteiger partial charge in [0.15, 0.2) is 17.6 Å². The number of carbonyl (C=O) groups excluding carboxylic acids is 7. The van der Waals surface area contributed by atoms with E-state index in [0.29, 0.717) is 44.9 Å². The van der Waals surface area contributed by atoms with Gasteiger partial charge in [-0.25, -0.2) is 0 Å². The van der Waals surface area contributed by atoms with Crippen molar-refractivity contribution in [2.24, 2.45) is 23.3 Å². The third-order valence-corrected chi connectivity index (χ3v) is 11.0. The summed E-state index contributed by atoms with van der Waals surface area (Å²) in [5.74, 6) is -3.11. The average Bonchev–Trinajstić information content (AvgIpc) is 3.19. The molecule has 6 atom stereocenters. The number of likely N-dealkylation sites (N-methyl/N-ethyl adjacent to an activating group) is 3. The van der Waals surface area contributed by atoms with Crippen LogP contribution in [0, 0.1) is 11.8 Å². The summed E-state index contributed by atoms with van der Waals surface area (Å²) in [7, 11) is 4.48. The van der Waals surface area contributed by atoms with Gasteiger partial charge in [-0.1, -0.05) is 76.3 Å². The van der Waals surface area contributed by atoms with E-state index < -0.39 is 71.7 Å². The Balaban J connectivity index is 2.08. The van der Waals surface area contributed by atoms with Gasteiger partial charge in [-0.2, -0.15) is 0 Å². The number of amides is 5. The number of hydrogen-bond acceptors (Lipinski definition) is 10. The lowest BCUT2D eigenvalue weighted by molar-refractivity contribution is -0.150. The Bertz CT molecular complexity index is 1450. The molecule has 0 unspecified atom stereocenters. The van der Waals surface area contributed by atoms with E-state index in [2.05, 4.69) is 21.3 Å². The van der Waals surface area contributed by atoms with Gasteiger partial charge >= 0.3 is 0 Å². The van der Waals surface area contributed by atoms with Gasteiger partial charge in [0.1, 0.15) is 18.1 Å². The van der Waals surface area contributed by atoms with Crippen LogP contribution in [0.15, 0.2) is 30.3 Å². The summed E-state index contributed by atoms with van der Waals surface area (Å²) in [6.07, 6.45) is 8.24. The molecule has 1 aliphatic carbocycles. The first-order valence-corrected chi connectivity index (χ1v) is 20.1. The number of carbonyl (C=O) groups is 7. The number of aldehydes is 1. The summed E-state index contributed by atoms with van der Waals surface area (Å²) in [4.78, 5) is 95.6. The van der Waals surface area contributed by atoms with Gasteiger partial charge in [0.25, 0.3) is 0 Å². The minimum Gasteiger partial charge on any atom is -0.345 e. The molecule has 1 aromatic carbocycles. The number of rotatable bonds is 24. The molecule has 5 amide bonds. The zero-order valence-corrected chi connectivity index (χ0v) is 34.6. The number of nitrogens with two attached hydrogens (primary N) is 2. The molecule has 1 saturated carbocycles. The predicted octanol–water partition coefficient (Wildman–Crippen LogP) is 1.21. The lowest BCUT2D eigenvalue weighted by Crippen LogP contribution is -2.63. The molecular formula is C41H68N8O7. The highest BCUT2D eigenvalue weighted by Gasteiger charge is 2.44. The summed E-state index contributed by atoms with van der Waals surface area (Å²) in [5, 5.41) is 11.1. The quantitative estimate of drug-likeness (QED) is 0.0499. The van der Waals surface area contributed by atoms with Gasteiger partial charge in [0.05, 0.1) is 18.6 Å². The molecule has 15 heteroatoms. The second-order valence-electron chi connectivity index (χ2n) is 15.8. The number of benzene rings is 1. The Labute approximate surface area is 333 Å². The predicted molar refractivity (Wildman–Crippen MR) is 216 cm³/mol. The van der Waals surface area contributed by atoms with Crippen LogP contribution in [0.1, 0.15) is 97.5 Å². The summed E-state index contributed by atoms with van der Waals surface area (Å²) in [6.45, 7) is 6.51. The normalized spacial score (nSPS) is 17.0. The van der Waals surface area contributed by atoms with Crippen molar-refractivity contribution in [3.05, 3.63) is 35.9 Å². The second-order valence-corrected chi connectivity index (χ2v) is 15.8. The van der Waals surface area contributed by atoms with Crippen molar-refractivity contribution < 1.29 is 33.6 Å². The van der Waals surface area contributed by atoms with E-state index in [4.69, 9.17) is 11.5 Å². The molecule has 0 spiro atoms. The first kappa shape index (κ1) is 47.9. The highest BCUT2D eigenvalue weighted by molar-refractivity contribution is 6.08. The molecule has 0 heterocycles. The molecule has 0 bridgehead atoms. The molecule has 0 radical (unpaired) electrons. The van der Waals surface area contributed by atoms with Crippen LogP contribution in [0.3, 0.4) is 0 Å². The molecule has 1 fully saturated rings. The smallest absolute Gasteiger partial charge is 0.246 e. The van der Waals surface area contributed by atoms with Crippen LogP contribution in [0.5, 0.6) is 0 Å². The third-order valence-electron chi connectivity index (χ3n) is 11.0. The topological polar surface area (TPSA) is 226 Å². The zero-order valence-electron chi connectivity index (χ0n) is 34.6. The fourth-order valence-corrected chi connectivity index (χ4v) is 7.09. The second kappa shape index (κ2) is 23.8. The van der Waals surface area contributed by atoms with Crippen LogP contribution < -0.4 is 32.7 Å². The highest BCUT2D eigenvalue weighted by atomic mass is 16.2. The molecule has 15 nitrogen and oxygen atoms in total. The third kappa shape index (κ3) is 14.4. The first-order chi connectivity index (χ1) is 26.5. The number of Topliss-reactive ketones (excluding diaryl/α,β-unsaturated/α-hetero) is 1. The minimum atomic E-state index is -1.84. The largest absolute Gasteiger partial charge is 0.345 e. The maximum Gasteiger partial charge on any atom is 0.246 e. The number of nitrogens with zero attached hydrogens (tertiary/aromatic N) is 2. The van der Waals surface area contributed by atoms with Crippen molar-refractivity contribution in [3.8, 4) is 0 Å². The van der Waals surface area contributed by atoms with Gasteiger partial charge in [0.2, 0.25) is 29.5 Å². The van der Waals surface area contributed by atoms with Crippen LogP contribution in [-0.4, -0.2) is 121 Å². The summed E-state index contributed by atoms with van der Waals surface area (Å²) >= 11 is 0. The summed E-state index contributed by atoms with van der Waals surface area (Å²) in [5.41, 5.74) is 11.1. The molecule has 314 valence electrons. The maximum atomic E-state index is 13.8. The van der Waals surface area contributed by atoms with Crippen molar-refractivity contribution >= 4 is 41.6 Å². The Morgan fingerprint density at radius 1 is 0.893 bits per heavy atom. The maximum absolute atomic E-state index is 13.8. The van der Waals surface area contributed by atoms with E-state index >= 15 is 0 Å². The van der Waals surface area contributed by atoms with Crippen molar-refractivity contribution in [2.75, 3.05) is 34.2 Å². The average molecular weight is 785 g/mol. The lowest BCUT2D eigenvalue weighted by Gasteiger charge is -2.37. The molecule has 8 N–H and O–H groups in total. The fourth-order valence-electron chi connectivity index (χ4n) is 7.09. The van der Waals surface area contributed by atoms with Crippen LogP contribution in [0.4, 0.5) is 0 Å². The molecule has 1 aliphatic rings. The lowest BCUT2D eigenvalue weighted by atomic mass is 9.81. The van der Waals surface area contributed by atoms with E-state index in [0.717, 1.165) is 42.6 Å². The Morgan fingerprint density at radius 2 is 1.54 bits per heavy atom. The molecule has 56 heavy (non-hydrogen) atoms. The van der Waals surface area contributed by atoms with Gasteiger partial charge in [-0.3, -0.25) is 28.8 Å². The van der Waals surface area contributed by atoms with Gasteiger partial charge in [-0.15, -0.1) is 0 Å². The van der Waals surface area contributed by atoms with E-state index in [9.17, 15) is 33.6 Å². The monoisotopic (exact) mass is 785 g/mol. The number of nitrogens with one attached hydrogen (secondary N) is 4.